The summed E-state index contributed by atoms with van der Waals surface area (Å²) in [5.41, 5.74) is 0. The summed E-state index contributed by atoms with van der Waals surface area (Å²) in [7, 11) is 0. The minimum Gasteiger partial charge on any atom is -0.363 e. The molecule has 0 aromatic carbocycles. The Bertz CT molecular complexity index is 179. The molecule has 0 aromatic heterocycles. The number of hydrogen-bond donors (Lipinski definition) is 2. The molecule has 2 N–H and O–H groups in total. The first-order chi connectivity index (χ1) is 5.20. The van der Waals surface area contributed by atoms with Gasteiger partial charge >= 0.3 is 0 Å². The first-order valence-corrected chi connectivity index (χ1v) is 5.86. The van der Waals surface area contributed by atoms with Gasteiger partial charge in [-0.2, -0.15) is 11.8 Å². The van der Waals surface area contributed by atoms with Crippen molar-refractivity contribution in [1.82, 2.24) is 5.32 Å². The van der Waals surface area contributed by atoms with Gasteiger partial charge in [-0.15, -0.1) is 0 Å². The van der Waals surface area contributed by atoms with Crippen LogP contribution >= 0.6 is 24.0 Å². The summed E-state index contributed by atoms with van der Waals surface area (Å²) in [6.45, 7) is 0. The standard InChI is InChI=1S/C5H9NO2S3/c7-11(8)5(9)6-4-1-2-10-3-4/h4H,1-3H2,(H,6,9)(H,7,8). The van der Waals surface area contributed by atoms with Crippen LogP contribution in [0.1, 0.15) is 6.42 Å². The van der Waals surface area contributed by atoms with Gasteiger partial charge in [-0.1, -0.05) is 0 Å². The molecule has 6 heteroatoms. The molecule has 0 spiro atoms. The van der Waals surface area contributed by atoms with E-state index in [1.54, 1.807) is 0 Å². The summed E-state index contributed by atoms with van der Waals surface area (Å²) in [5.74, 6) is 2.09. The molecule has 64 valence electrons. The van der Waals surface area contributed by atoms with Crippen LogP contribution in [0.3, 0.4) is 0 Å². The quantitative estimate of drug-likeness (QED) is 0.491. The Kier molecular flexibility index (Phi) is 3.77. The van der Waals surface area contributed by atoms with Crippen LogP contribution in [0.25, 0.3) is 0 Å². The number of thioether (sulfide) groups is 1. The monoisotopic (exact) mass is 211 g/mol. The molecule has 1 aliphatic rings. The molecule has 0 amide bonds. The topological polar surface area (TPSA) is 49.3 Å². The second kappa shape index (κ2) is 4.39. The molecular weight excluding hydrogens is 202 g/mol. The van der Waals surface area contributed by atoms with Crippen molar-refractivity contribution in [3.05, 3.63) is 0 Å². The molecule has 11 heavy (non-hydrogen) atoms. The highest BCUT2D eigenvalue weighted by Gasteiger charge is 2.17. The van der Waals surface area contributed by atoms with E-state index < -0.39 is 11.1 Å². The summed E-state index contributed by atoms with van der Waals surface area (Å²) in [4.78, 5) is 0. The molecule has 0 aliphatic carbocycles. The zero-order valence-corrected chi connectivity index (χ0v) is 8.23. The fraction of sp³-hybridized carbons (Fsp3) is 0.800. The SMILES string of the molecule is O=S(O)C(=S)NC1CCSC1. The van der Waals surface area contributed by atoms with Crippen molar-refractivity contribution < 1.29 is 8.76 Å². The fourth-order valence-electron chi connectivity index (χ4n) is 0.865. The maximum atomic E-state index is 10.4. The Hall–Kier alpha value is 0.350. The normalized spacial score (nSPS) is 26.5. The van der Waals surface area contributed by atoms with Gasteiger partial charge in [0, 0.05) is 11.8 Å². The van der Waals surface area contributed by atoms with Gasteiger partial charge in [-0.3, -0.25) is 0 Å². The van der Waals surface area contributed by atoms with Crippen LogP contribution in [0.5, 0.6) is 0 Å². The van der Waals surface area contributed by atoms with E-state index in [1.807, 2.05) is 11.8 Å². The number of thiocarbonyl (C=S) groups is 1. The van der Waals surface area contributed by atoms with E-state index >= 15 is 0 Å². The highest BCUT2D eigenvalue weighted by molar-refractivity contribution is 8.09. The average molecular weight is 211 g/mol. The van der Waals surface area contributed by atoms with Crippen LogP contribution in [0.4, 0.5) is 0 Å². The van der Waals surface area contributed by atoms with Crippen molar-refractivity contribution in [1.29, 1.82) is 0 Å². The van der Waals surface area contributed by atoms with Crippen LogP contribution in [0.15, 0.2) is 0 Å². The summed E-state index contributed by atoms with van der Waals surface area (Å²) in [6, 6.07) is 0.295. The van der Waals surface area contributed by atoms with Crippen molar-refractivity contribution in [2.24, 2.45) is 0 Å². The van der Waals surface area contributed by atoms with Gasteiger partial charge in [0.2, 0.25) is 11.1 Å². The largest absolute Gasteiger partial charge is 0.363 e. The lowest BCUT2D eigenvalue weighted by atomic mass is 10.3. The average Bonchev–Trinajstić information content (AvgIpc) is 2.39. The Labute approximate surface area is 77.6 Å². The molecule has 1 rings (SSSR count). The summed E-state index contributed by atoms with van der Waals surface area (Å²) >= 11 is 4.48. The Morgan fingerprint density at radius 3 is 3.00 bits per heavy atom. The van der Waals surface area contributed by atoms with E-state index in [0.717, 1.165) is 17.9 Å². The Morgan fingerprint density at radius 1 is 1.82 bits per heavy atom. The lowest BCUT2D eigenvalue weighted by molar-refractivity contribution is 0.574. The van der Waals surface area contributed by atoms with Gasteiger partial charge in [-0.25, -0.2) is 4.21 Å². The highest BCUT2D eigenvalue weighted by Crippen LogP contribution is 2.16. The summed E-state index contributed by atoms with van der Waals surface area (Å²) < 4.78 is 19.0. The number of nitrogens with one attached hydrogen (secondary N) is 1. The fourth-order valence-corrected chi connectivity index (χ4v) is 2.45. The molecule has 1 saturated heterocycles. The zero-order valence-electron chi connectivity index (χ0n) is 5.78. The van der Waals surface area contributed by atoms with E-state index in [0.29, 0.717) is 6.04 Å². The molecule has 2 atom stereocenters. The molecule has 1 aliphatic heterocycles. The van der Waals surface area contributed by atoms with Gasteiger partial charge < -0.3 is 9.87 Å². The minimum absolute atomic E-state index is 0.0532. The third kappa shape index (κ3) is 3.06. The number of hydrogen-bond acceptors (Lipinski definition) is 3. The lowest BCUT2D eigenvalue weighted by Gasteiger charge is -2.09. The Morgan fingerprint density at radius 2 is 2.55 bits per heavy atom. The molecule has 0 aromatic rings. The molecule has 0 bridgehead atoms. The van der Waals surface area contributed by atoms with Crippen molar-refractivity contribution in [3.63, 3.8) is 0 Å². The van der Waals surface area contributed by atoms with Gasteiger partial charge in [-0.05, 0) is 24.4 Å². The predicted octanol–water partition coefficient (Wildman–Crippen LogP) is 0.588. The molecule has 1 heterocycles. The van der Waals surface area contributed by atoms with Crippen LogP contribution in [-0.4, -0.2) is 30.6 Å². The zero-order chi connectivity index (χ0) is 8.27. The first kappa shape index (κ1) is 9.44. The van der Waals surface area contributed by atoms with Gasteiger partial charge in [0.1, 0.15) is 0 Å². The van der Waals surface area contributed by atoms with E-state index in [4.69, 9.17) is 4.55 Å². The lowest BCUT2D eigenvalue weighted by Crippen LogP contribution is -2.35. The van der Waals surface area contributed by atoms with Crippen LogP contribution in [0.2, 0.25) is 0 Å². The minimum atomic E-state index is -2.00. The van der Waals surface area contributed by atoms with Gasteiger partial charge in [0.05, 0.1) is 0 Å². The van der Waals surface area contributed by atoms with E-state index in [9.17, 15) is 4.21 Å². The molecule has 0 radical (unpaired) electrons. The van der Waals surface area contributed by atoms with Gasteiger partial charge in [0.25, 0.3) is 0 Å². The van der Waals surface area contributed by atoms with Crippen LogP contribution in [0, 0.1) is 0 Å². The highest BCUT2D eigenvalue weighted by atomic mass is 32.2. The maximum absolute atomic E-state index is 10.4. The van der Waals surface area contributed by atoms with E-state index in [2.05, 4.69) is 17.5 Å². The summed E-state index contributed by atoms with van der Waals surface area (Å²) in [6.07, 6.45) is 1.03. The van der Waals surface area contributed by atoms with Crippen molar-refractivity contribution in [3.8, 4) is 0 Å². The summed E-state index contributed by atoms with van der Waals surface area (Å²) in [5, 5.41) is 2.84. The molecule has 1 fully saturated rings. The second-order valence-electron chi connectivity index (χ2n) is 2.24. The first-order valence-electron chi connectivity index (χ1n) is 3.19. The van der Waals surface area contributed by atoms with Gasteiger partial charge in [0.15, 0.2) is 4.32 Å². The predicted molar refractivity (Wildman–Crippen MR) is 52.2 cm³/mol. The van der Waals surface area contributed by atoms with Crippen molar-refractivity contribution in [2.45, 2.75) is 12.5 Å². The maximum Gasteiger partial charge on any atom is 0.214 e. The third-order valence-electron chi connectivity index (χ3n) is 1.41. The van der Waals surface area contributed by atoms with Crippen LogP contribution < -0.4 is 5.32 Å². The van der Waals surface area contributed by atoms with Crippen LogP contribution in [-0.2, 0) is 11.1 Å². The van der Waals surface area contributed by atoms with Crippen molar-refractivity contribution >= 4 is 39.4 Å². The molecule has 2 unspecified atom stereocenters. The second-order valence-corrected chi connectivity index (χ2v) is 4.96. The number of rotatable bonds is 1. The Balaban J connectivity index is 2.29. The molecule has 3 nitrogen and oxygen atoms in total. The smallest absolute Gasteiger partial charge is 0.214 e. The van der Waals surface area contributed by atoms with Crippen molar-refractivity contribution in [2.75, 3.05) is 11.5 Å². The third-order valence-corrected chi connectivity index (χ3v) is 3.55. The molecule has 0 saturated carbocycles. The molecular formula is C5H9NO2S3. The van der Waals surface area contributed by atoms with E-state index in [1.165, 1.54) is 0 Å². The van der Waals surface area contributed by atoms with E-state index in [-0.39, 0.29) is 4.32 Å².